The van der Waals surface area contributed by atoms with E-state index in [1.54, 1.807) is 18.2 Å². The molecule has 0 saturated heterocycles. The van der Waals surface area contributed by atoms with Crippen LogP contribution >= 0.6 is 0 Å². The smallest absolute Gasteiger partial charge is 0.301 e. The fourth-order valence-electron chi connectivity index (χ4n) is 1.31. The molecule has 0 aliphatic carbocycles. The highest BCUT2D eigenvalue weighted by Gasteiger charge is 2.13. The zero-order valence-corrected chi connectivity index (χ0v) is 12.1. The Kier molecular flexibility index (Phi) is 5.36. The van der Waals surface area contributed by atoms with E-state index in [0.717, 1.165) is 15.4 Å². The van der Waals surface area contributed by atoms with Crippen LogP contribution in [0.15, 0.2) is 18.2 Å². The van der Waals surface area contributed by atoms with E-state index in [4.69, 9.17) is 5.11 Å². The molecule has 0 heterocycles. The maximum atomic E-state index is 11.7. The molecule has 0 atom stereocenters. The average Bonchev–Trinajstić information content (AvgIpc) is 2.32. The summed E-state index contributed by atoms with van der Waals surface area (Å²) in [5, 5.41) is 8.64. The summed E-state index contributed by atoms with van der Waals surface area (Å²) in [4.78, 5) is 0. The van der Waals surface area contributed by atoms with E-state index in [9.17, 15) is 8.42 Å². The third-order valence-electron chi connectivity index (χ3n) is 2.42. The molecule has 0 fully saturated rings. The zero-order chi connectivity index (χ0) is 14.5. The van der Waals surface area contributed by atoms with Gasteiger partial charge in [-0.15, -0.1) is 0 Å². The molecule has 2 N–H and O–H groups in total. The van der Waals surface area contributed by atoms with Crippen molar-refractivity contribution >= 4 is 15.9 Å². The number of nitrogens with zero attached hydrogens (tertiary/aromatic N) is 1. The molecule has 5 nitrogen and oxygen atoms in total. The van der Waals surface area contributed by atoms with Gasteiger partial charge in [-0.2, -0.15) is 12.7 Å². The van der Waals surface area contributed by atoms with Crippen molar-refractivity contribution in [1.29, 1.82) is 0 Å². The van der Waals surface area contributed by atoms with E-state index in [1.807, 2.05) is 6.92 Å². The molecule has 1 aromatic carbocycles. The molecule has 0 bridgehead atoms. The molecular weight excluding hydrogens is 264 g/mol. The quantitative estimate of drug-likeness (QED) is 0.808. The molecule has 0 saturated carbocycles. The van der Waals surface area contributed by atoms with E-state index in [0.29, 0.717) is 12.1 Å². The Labute approximate surface area is 114 Å². The first-order valence-electron chi connectivity index (χ1n) is 5.77. The summed E-state index contributed by atoms with van der Waals surface area (Å²) in [5.41, 5.74) is 2.11. The number of anilines is 1. The third-order valence-corrected chi connectivity index (χ3v) is 3.85. The van der Waals surface area contributed by atoms with E-state index in [1.165, 1.54) is 14.1 Å². The van der Waals surface area contributed by atoms with Crippen LogP contribution in [0.4, 0.5) is 5.69 Å². The summed E-state index contributed by atoms with van der Waals surface area (Å²) >= 11 is 0. The molecule has 0 aliphatic heterocycles. The van der Waals surface area contributed by atoms with Crippen molar-refractivity contribution in [3.8, 4) is 11.8 Å². The van der Waals surface area contributed by atoms with E-state index < -0.39 is 10.2 Å². The van der Waals surface area contributed by atoms with Crippen molar-refractivity contribution in [3.05, 3.63) is 29.3 Å². The van der Waals surface area contributed by atoms with Crippen molar-refractivity contribution in [2.45, 2.75) is 13.3 Å². The SMILES string of the molecule is Cc1cc(C#CCCO)ccc1NS(=O)(=O)N(C)C. The average molecular weight is 282 g/mol. The number of hydrogen-bond donors (Lipinski definition) is 2. The Morgan fingerprint density at radius 2 is 2.05 bits per heavy atom. The normalized spacial score (nSPS) is 11.0. The van der Waals surface area contributed by atoms with Gasteiger partial charge >= 0.3 is 10.2 Å². The summed E-state index contributed by atoms with van der Waals surface area (Å²) in [7, 11) is -0.564. The van der Waals surface area contributed by atoms with Crippen LogP contribution in [-0.4, -0.2) is 38.5 Å². The standard InChI is InChI=1S/C13H18N2O3S/c1-11-10-12(6-4-5-9-16)7-8-13(11)14-19(17,18)15(2)3/h7-8,10,14,16H,5,9H2,1-3H3. The Bertz CT molecular complexity index is 598. The fourth-order valence-corrected chi connectivity index (χ4v) is 2.00. The van der Waals surface area contributed by atoms with Crippen molar-refractivity contribution < 1.29 is 13.5 Å². The molecule has 0 aromatic heterocycles. The van der Waals surface area contributed by atoms with Gasteiger partial charge in [0.15, 0.2) is 0 Å². The molecular formula is C13H18N2O3S. The molecule has 1 rings (SSSR count). The minimum atomic E-state index is -3.49. The Morgan fingerprint density at radius 1 is 1.37 bits per heavy atom. The molecule has 0 spiro atoms. The molecule has 6 heteroatoms. The largest absolute Gasteiger partial charge is 0.395 e. The minimum Gasteiger partial charge on any atom is -0.395 e. The summed E-state index contributed by atoms with van der Waals surface area (Å²) in [6.07, 6.45) is 0.425. The Balaban J connectivity index is 2.94. The number of benzene rings is 1. The van der Waals surface area contributed by atoms with Gasteiger partial charge in [0.05, 0.1) is 12.3 Å². The maximum Gasteiger partial charge on any atom is 0.301 e. The van der Waals surface area contributed by atoms with Crippen LogP contribution in [0.3, 0.4) is 0 Å². The van der Waals surface area contributed by atoms with Crippen molar-refractivity contribution in [2.75, 3.05) is 25.4 Å². The summed E-state index contributed by atoms with van der Waals surface area (Å²) in [5.74, 6) is 5.72. The van der Waals surface area contributed by atoms with Crippen LogP contribution in [0.1, 0.15) is 17.5 Å². The van der Waals surface area contributed by atoms with E-state index in [2.05, 4.69) is 16.6 Å². The molecule has 0 aliphatic rings. The number of aryl methyl sites for hydroxylation is 1. The van der Waals surface area contributed by atoms with Crippen molar-refractivity contribution in [3.63, 3.8) is 0 Å². The van der Waals surface area contributed by atoms with Gasteiger partial charge in [-0.25, -0.2) is 0 Å². The van der Waals surface area contributed by atoms with Gasteiger partial charge < -0.3 is 5.11 Å². The summed E-state index contributed by atoms with van der Waals surface area (Å²) in [6, 6.07) is 5.22. The van der Waals surface area contributed by atoms with Gasteiger partial charge in [0.1, 0.15) is 0 Å². The van der Waals surface area contributed by atoms with E-state index >= 15 is 0 Å². The van der Waals surface area contributed by atoms with Gasteiger partial charge in [-0.05, 0) is 30.7 Å². The first kappa shape index (κ1) is 15.5. The Hall–Kier alpha value is -1.55. The lowest BCUT2D eigenvalue weighted by atomic mass is 10.1. The zero-order valence-electron chi connectivity index (χ0n) is 11.3. The minimum absolute atomic E-state index is 0.0344. The van der Waals surface area contributed by atoms with Crippen molar-refractivity contribution in [1.82, 2.24) is 4.31 Å². The monoisotopic (exact) mass is 282 g/mol. The predicted molar refractivity (Wildman–Crippen MR) is 76.0 cm³/mol. The molecule has 0 radical (unpaired) electrons. The van der Waals surface area contributed by atoms with Gasteiger partial charge in [0.2, 0.25) is 0 Å². The lowest BCUT2D eigenvalue weighted by Crippen LogP contribution is -2.29. The molecule has 0 unspecified atom stereocenters. The second-order valence-electron chi connectivity index (χ2n) is 4.19. The van der Waals surface area contributed by atoms with Crippen LogP contribution in [0.5, 0.6) is 0 Å². The molecule has 1 aromatic rings. The second-order valence-corrected chi connectivity index (χ2v) is 6.08. The second kappa shape index (κ2) is 6.57. The highest BCUT2D eigenvalue weighted by molar-refractivity contribution is 7.90. The number of aliphatic hydroxyl groups is 1. The third kappa shape index (κ3) is 4.56. The fraction of sp³-hybridized carbons (Fsp3) is 0.385. The van der Waals surface area contributed by atoms with Crippen LogP contribution in [0.25, 0.3) is 0 Å². The highest BCUT2D eigenvalue weighted by atomic mass is 32.2. The number of nitrogens with one attached hydrogen (secondary N) is 1. The summed E-state index contributed by atoms with van der Waals surface area (Å²) in [6.45, 7) is 1.84. The van der Waals surface area contributed by atoms with Crippen LogP contribution in [0, 0.1) is 18.8 Å². The first-order valence-corrected chi connectivity index (χ1v) is 7.21. The molecule has 19 heavy (non-hydrogen) atoms. The van der Waals surface area contributed by atoms with Gasteiger partial charge in [-0.3, -0.25) is 4.72 Å². The highest BCUT2D eigenvalue weighted by Crippen LogP contribution is 2.18. The topological polar surface area (TPSA) is 69.6 Å². The van der Waals surface area contributed by atoms with Gasteiger partial charge in [0, 0.05) is 26.1 Å². The number of hydrogen-bond acceptors (Lipinski definition) is 3. The van der Waals surface area contributed by atoms with E-state index in [-0.39, 0.29) is 6.61 Å². The number of rotatable bonds is 4. The first-order chi connectivity index (χ1) is 8.86. The molecule has 104 valence electrons. The predicted octanol–water partition coefficient (Wildman–Crippen LogP) is 0.947. The number of aliphatic hydroxyl groups excluding tert-OH is 1. The van der Waals surface area contributed by atoms with Crippen LogP contribution in [0.2, 0.25) is 0 Å². The lowest BCUT2D eigenvalue weighted by Gasteiger charge is -2.15. The van der Waals surface area contributed by atoms with Crippen LogP contribution < -0.4 is 4.72 Å². The van der Waals surface area contributed by atoms with Gasteiger partial charge in [-0.1, -0.05) is 11.8 Å². The van der Waals surface area contributed by atoms with Crippen molar-refractivity contribution in [2.24, 2.45) is 0 Å². The van der Waals surface area contributed by atoms with Crippen LogP contribution in [-0.2, 0) is 10.2 Å². The Morgan fingerprint density at radius 3 is 2.58 bits per heavy atom. The van der Waals surface area contributed by atoms with Gasteiger partial charge in [0.25, 0.3) is 0 Å². The molecule has 0 amide bonds. The lowest BCUT2D eigenvalue weighted by molar-refractivity contribution is 0.305. The maximum absolute atomic E-state index is 11.7. The summed E-state index contributed by atoms with van der Waals surface area (Å²) < 4.78 is 27.0.